The number of thioether (sulfide) groups is 1. The van der Waals surface area contributed by atoms with Crippen molar-refractivity contribution in [2.45, 2.75) is 17.7 Å². The zero-order chi connectivity index (χ0) is 14.4. The van der Waals surface area contributed by atoms with E-state index < -0.39 is 0 Å². The summed E-state index contributed by atoms with van der Waals surface area (Å²) in [6, 6.07) is 5.90. The van der Waals surface area contributed by atoms with Crippen molar-refractivity contribution in [2.24, 2.45) is 0 Å². The third-order valence-electron chi connectivity index (χ3n) is 3.13. The minimum atomic E-state index is 0.234. The highest BCUT2D eigenvalue weighted by Gasteiger charge is 2.15. The van der Waals surface area contributed by atoms with Gasteiger partial charge in [0.2, 0.25) is 5.91 Å². The smallest absolute Gasteiger partial charge is 0.222 e. The highest BCUT2D eigenvalue weighted by molar-refractivity contribution is 9.10. The second-order valence-corrected chi connectivity index (χ2v) is 6.68. The van der Waals surface area contributed by atoms with Crippen molar-refractivity contribution in [3.8, 4) is 0 Å². The first-order valence-corrected chi connectivity index (χ1v) is 8.48. The van der Waals surface area contributed by atoms with E-state index in [-0.39, 0.29) is 5.91 Å². The minimum Gasteiger partial charge on any atom is -0.398 e. The van der Waals surface area contributed by atoms with Crippen molar-refractivity contribution < 1.29 is 9.53 Å². The lowest BCUT2D eigenvalue weighted by molar-refractivity contribution is -0.135. The molecular weight excluding hydrogens is 340 g/mol. The molecule has 20 heavy (non-hydrogen) atoms. The molecule has 2 rings (SSSR count). The molecule has 0 radical (unpaired) electrons. The van der Waals surface area contributed by atoms with E-state index in [9.17, 15) is 4.79 Å². The molecule has 1 aromatic carbocycles. The van der Waals surface area contributed by atoms with E-state index in [0.717, 1.165) is 40.3 Å². The van der Waals surface area contributed by atoms with Crippen LogP contribution >= 0.6 is 27.7 Å². The van der Waals surface area contributed by atoms with Crippen LogP contribution in [0.3, 0.4) is 0 Å². The Morgan fingerprint density at radius 3 is 2.85 bits per heavy atom. The average molecular weight is 359 g/mol. The molecule has 0 bridgehead atoms. The van der Waals surface area contributed by atoms with Crippen LogP contribution in [0.5, 0.6) is 0 Å². The van der Waals surface area contributed by atoms with Gasteiger partial charge in [-0.25, -0.2) is 0 Å². The van der Waals surface area contributed by atoms with Crippen molar-refractivity contribution in [3.63, 3.8) is 0 Å². The van der Waals surface area contributed by atoms with Gasteiger partial charge < -0.3 is 15.4 Å². The van der Waals surface area contributed by atoms with E-state index in [0.29, 0.717) is 19.6 Å². The maximum Gasteiger partial charge on any atom is 0.222 e. The Morgan fingerprint density at radius 1 is 1.40 bits per heavy atom. The lowest BCUT2D eigenvalue weighted by Gasteiger charge is -2.26. The summed E-state index contributed by atoms with van der Waals surface area (Å²) in [5.74, 6) is 1.14. The van der Waals surface area contributed by atoms with Gasteiger partial charge in [0.1, 0.15) is 0 Å². The molecular formula is C14H19BrN2O2S. The number of morpholine rings is 1. The summed E-state index contributed by atoms with van der Waals surface area (Å²) in [7, 11) is 0. The SMILES string of the molecule is Nc1cc(Br)ccc1SCCCC(=O)N1CCOCC1. The van der Waals surface area contributed by atoms with Crippen LogP contribution in [-0.2, 0) is 9.53 Å². The Bertz CT molecular complexity index is 464. The van der Waals surface area contributed by atoms with Crippen LogP contribution in [0.15, 0.2) is 27.6 Å². The molecule has 1 aliphatic rings. The number of hydrogen-bond acceptors (Lipinski definition) is 4. The first-order valence-electron chi connectivity index (χ1n) is 6.70. The van der Waals surface area contributed by atoms with Crippen LogP contribution in [-0.4, -0.2) is 42.9 Å². The molecule has 2 N–H and O–H groups in total. The highest BCUT2D eigenvalue weighted by atomic mass is 79.9. The second-order valence-electron chi connectivity index (χ2n) is 4.63. The quantitative estimate of drug-likeness (QED) is 0.499. The van der Waals surface area contributed by atoms with Crippen molar-refractivity contribution >= 4 is 39.3 Å². The monoisotopic (exact) mass is 358 g/mol. The summed E-state index contributed by atoms with van der Waals surface area (Å²) in [6.07, 6.45) is 1.47. The predicted octanol–water partition coefficient (Wildman–Crippen LogP) is 2.76. The fourth-order valence-corrected chi connectivity index (χ4v) is 3.30. The molecule has 0 saturated carbocycles. The number of amides is 1. The molecule has 0 unspecified atom stereocenters. The van der Waals surface area contributed by atoms with Crippen LogP contribution in [0, 0.1) is 0 Å². The van der Waals surface area contributed by atoms with Gasteiger partial charge in [-0.2, -0.15) is 0 Å². The molecule has 1 aliphatic heterocycles. The highest BCUT2D eigenvalue weighted by Crippen LogP contribution is 2.28. The van der Waals surface area contributed by atoms with Gasteiger partial charge in [0.15, 0.2) is 0 Å². The largest absolute Gasteiger partial charge is 0.398 e. The summed E-state index contributed by atoms with van der Waals surface area (Å²) in [4.78, 5) is 14.9. The van der Waals surface area contributed by atoms with Crippen molar-refractivity contribution in [1.82, 2.24) is 4.90 Å². The Labute approximate surface area is 132 Å². The lowest BCUT2D eigenvalue weighted by Crippen LogP contribution is -2.40. The van der Waals surface area contributed by atoms with E-state index in [1.807, 2.05) is 23.1 Å². The van der Waals surface area contributed by atoms with E-state index in [2.05, 4.69) is 15.9 Å². The van der Waals surface area contributed by atoms with E-state index in [1.165, 1.54) is 0 Å². The Hall–Kier alpha value is -0.720. The normalized spacial score (nSPS) is 15.3. The van der Waals surface area contributed by atoms with Crippen LogP contribution in [0.2, 0.25) is 0 Å². The number of nitrogens with zero attached hydrogens (tertiary/aromatic N) is 1. The molecule has 0 spiro atoms. The van der Waals surface area contributed by atoms with Gasteiger partial charge in [-0.15, -0.1) is 11.8 Å². The number of nitrogens with two attached hydrogens (primary N) is 1. The molecule has 6 heteroatoms. The van der Waals surface area contributed by atoms with E-state index in [4.69, 9.17) is 10.5 Å². The summed E-state index contributed by atoms with van der Waals surface area (Å²) in [5.41, 5.74) is 6.72. The molecule has 1 saturated heterocycles. The number of ether oxygens (including phenoxy) is 1. The molecule has 1 fully saturated rings. The number of nitrogen functional groups attached to an aromatic ring is 1. The van der Waals surface area contributed by atoms with Crippen molar-refractivity contribution in [3.05, 3.63) is 22.7 Å². The van der Waals surface area contributed by atoms with Crippen LogP contribution in [0.4, 0.5) is 5.69 Å². The molecule has 1 heterocycles. The van der Waals surface area contributed by atoms with Crippen molar-refractivity contribution in [2.75, 3.05) is 37.8 Å². The number of anilines is 1. The fourth-order valence-electron chi connectivity index (χ4n) is 2.03. The summed E-state index contributed by atoms with van der Waals surface area (Å²) < 4.78 is 6.23. The standard InChI is InChI=1S/C14H19BrN2O2S/c15-11-3-4-13(12(16)10-11)20-9-1-2-14(18)17-5-7-19-8-6-17/h3-4,10H,1-2,5-9,16H2. The average Bonchev–Trinajstić information content (AvgIpc) is 2.46. The lowest BCUT2D eigenvalue weighted by atomic mass is 10.3. The molecule has 0 aromatic heterocycles. The zero-order valence-electron chi connectivity index (χ0n) is 11.3. The second kappa shape index (κ2) is 7.90. The van der Waals surface area contributed by atoms with Crippen LogP contribution in [0.1, 0.15) is 12.8 Å². The van der Waals surface area contributed by atoms with Gasteiger partial charge in [-0.05, 0) is 30.4 Å². The Kier molecular flexibility index (Phi) is 6.19. The number of hydrogen-bond donors (Lipinski definition) is 1. The van der Waals surface area contributed by atoms with Gasteiger partial charge in [-0.1, -0.05) is 15.9 Å². The summed E-state index contributed by atoms with van der Waals surface area (Å²) in [5, 5.41) is 0. The predicted molar refractivity (Wildman–Crippen MR) is 85.9 cm³/mol. The van der Waals surface area contributed by atoms with Gasteiger partial charge >= 0.3 is 0 Å². The number of rotatable bonds is 5. The summed E-state index contributed by atoms with van der Waals surface area (Å²) in [6.45, 7) is 2.78. The van der Waals surface area contributed by atoms with E-state index >= 15 is 0 Å². The van der Waals surface area contributed by atoms with Gasteiger partial charge in [0, 0.05) is 34.6 Å². The first kappa shape index (κ1) is 15.7. The molecule has 0 aliphatic carbocycles. The zero-order valence-corrected chi connectivity index (χ0v) is 13.7. The van der Waals surface area contributed by atoms with Crippen LogP contribution < -0.4 is 5.73 Å². The third-order valence-corrected chi connectivity index (χ3v) is 4.80. The first-order chi connectivity index (χ1) is 9.66. The number of benzene rings is 1. The van der Waals surface area contributed by atoms with Crippen molar-refractivity contribution in [1.29, 1.82) is 0 Å². The molecule has 1 amide bonds. The van der Waals surface area contributed by atoms with E-state index in [1.54, 1.807) is 11.8 Å². The number of carbonyl (C=O) groups is 1. The maximum absolute atomic E-state index is 12.0. The fraction of sp³-hybridized carbons (Fsp3) is 0.500. The molecule has 1 aromatic rings. The molecule has 0 atom stereocenters. The number of halogens is 1. The Morgan fingerprint density at radius 2 is 2.15 bits per heavy atom. The number of carbonyl (C=O) groups excluding carboxylic acids is 1. The van der Waals surface area contributed by atoms with Gasteiger partial charge in [-0.3, -0.25) is 4.79 Å². The molecule has 4 nitrogen and oxygen atoms in total. The molecule has 110 valence electrons. The topological polar surface area (TPSA) is 55.6 Å². The van der Waals surface area contributed by atoms with Gasteiger partial charge in [0.05, 0.1) is 13.2 Å². The third kappa shape index (κ3) is 4.68. The van der Waals surface area contributed by atoms with Crippen LogP contribution in [0.25, 0.3) is 0 Å². The van der Waals surface area contributed by atoms with Gasteiger partial charge in [0.25, 0.3) is 0 Å². The maximum atomic E-state index is 12.0. The minimum absolute atomic E-state index is 0.234. The Balaban J connectivity index is 1.69. The summed E-state index contributed by atoms with van der Waals surface area (Å²) >= 11 is 5.09.